The molecule has 5 rings (SSSR count). The number of piperidine rings is 1. The largest absolute Gasteiger partial charge is 0.497 e. The molecule has 0 spiro atoms. The molecule has 8 heteroatoms. The summed E-state index contributed by atoms with van der Waals surface area (Å²) >= 11 is 1.52. The standard InChI is InChI=1S/C26H32N4O3S/c1-33-17-6-7-21-19(14-17)20(15-28-21)16-8-11-30(12-9-16)13-10-23(31)29-26-24(25(27)32)18-4-2-3-5-22(18)34-26/h6-7,14-16,28H,2-5,8-13H2,1H3,(H2,27,32)(H,29,31). The number of hydrogen-bond donors (Lipinski definition) is 3. The number of likely N-dealkylation sites (tertiary alicyclic amines) is 1. The number of nitrogens with one attached hydrogen (secondary N) is 2. The van der Waals surface area contributed by atoms with Crippen molar-refractivity contribution in [3.05, 3.63) is 46.0 Å². The molecule has 1 saturated heterocycles. The minimum atomic E-state index is -0.438. The van der Waals surface area contributed by atoms with E-state index < -0.39 is 5.91 Å². The van der Waals surface area contributed by atoms with Crippen molar-refractivity contribution in [3.63, 3.8) is 0 Å². The molecule has 34 heavy (non-hydrogen) atoms. The molecule has 3 heterocycles. The van der Waals surface area contributed by atoms with E-state index in [9.17, 15) is 9.59 Å². The number of methoxy groups -OCH3 is 1. The van der Waals surface area contributed by atoms with Gasteiger partial charge in [0.1, 0.15) is 10.8 Å². The highest BCUT2D eigenvalue weighted by Gasteiger charge is 2.26. The second kappa shape index (κ2) is 9.80. The summed E-state index contributed by atoms with van der Waals surface area (Å²) in [7, 11) is 1.70. The number of nitrogens with zero attached hydrogens (tertiary/aromatic N) is 1. The van der Waals surface area contributed by atoms with Crippen LogP contribution in [-0.2, 0) is 17.6 Å². The van der Waals surface area contributed by atoms with E-state index in [1.54, 1.807) is 7.11 Å². The van der Waals surface area contributed by atoms with Crippen LogP contribution >= 0.6 is 11.3 Å². The summed E-state index contributed by atoms with van der Waals surface area (Å²) in [4.78, 5) is 31.7. The first-order chi connectivity index (χ1) is 16.5. The lowest BCUT2D eigenvalue weighted by molar-refractivity contribution is -0.116. The van der Waals surface area contributed by atoms with Gasteiger partial charge in [-0.1, -0.05) is 0 Å². The molecule has 0 bridgehead atoms. The summed E-state index contributed by atoms with van der Waals surface area (Å²) in [6.07, 6.45) is 8.71. The maximum atomic E-state index is 12.7. The van der Waals surface area contributed by atoms with Gasteiger partial charge in [-0.05, 0) is 86.9 Å². The zero-order chi connectivity index (χ0) is 23.7. The van der Waals surface area contributed by atoms with E-state index >= 15 is 0 Å². The van der Waals surface area contributed by atoms with Gasteiger partial charge in [0.25, 0.3) is 5.91 Å². The molecule has 0 unspecified atom stereocenters. The third-order valence-electron chi connectivity index (χ3n) is 7.27. The monoisotopic (exact) mass is 480 g/mol. The lowest BCUT2D eigenvalue weighted by atomic mass is 9.89. The number of fused-ring (bicyclic) bond motifs is 2. The molecule has 3 aromatic rings. The molecule has 0 saturated carbocycles. The fourth-order valence-corrected chi connectivity index (χ4v) is 6.73. The Kier molecular flexibility index (Phi) is 6.61. The highest BCUT2D eigenvalue weighted by molar-refractivity contribution is 7.17. The van der Waals surface area contributed by atoms with E-state index in [2.05, 4.69) is 33.5 Å². The summed E-state index contributed by atoms with van der Waals surface area (Å²) in [6.45, 7) is 2.65. The van der Waals surface area contributed by atoms with E-state index in [4.69, 9.17) is 10.5 Å². The van der Waals surface area contributed by atoms with Crippen LogP contribution < -0.4 is 15.8 Å². The highest BCUT2D eigenvalue weighted by Crippen LogP contribution is 2.38. The maximum Gasteiger partial charge on any atom is 0.251 e. The van der Waals surface area contributed by atoms with Gasteiger partial charge in [0, 0.05) is 34.9 Å². The number of anilines is 1. The van der Waals surface area contributed by atoms with Crippen molar-refractivity contribution < 1.29 is 14.3 Å². The highest BCUT2D eigenvalue weighted by atomic mass is 32.1. The number of ether oxygens (including phenoxy) is 1. The van der Waals surface area contributed by atoms with Crippen molar-refractivity contribution in [2.24, 2.45) is 5.73 Å². The van der Waals surface area contributed by atoms with Gasteiger partial charge in [0.15, 0.2) is 0 Å². The first-order valence-electron chi connectivity index (χ1n) is 12.1. The van der Waals surface area contributed by atoms with Crippen LogP contribution in [-0.4, -0.2) is 48.4 Å². The zero-order valence-corrected chi connectivity index (χ0v) is 20.4. The van der Waals surface area contributed by atoms with Crippen molar-refractivity contribution in [1.29, 1.82) is 0 Å². The van der Waals surface area contributed by atoms with E-state index in [-0.39, 0.29) is 5.91 Å². The van der Waals surface area contributed by atoms with Crippen LogP contribution in [0.2, 0.25) is 0 Å². The Morgan fingerprint density at radius 2 is 2.03 bits per heavy atom. The molecule has 2 amide bonds. The minimum Gasteiger partial charge on any atom is -0.497 e. The smallest absolute Gasteiger partial charge is 0.251 e. The molecular weight excluding hydrogens is 448 g/mol. The van der Waals surface area contributed by atoms with Crippen molar-refractivity contribution in [3.8, 4) is 5.75 Å². The second-order valence-electron chi connectivity index (χ2n) is 9.35. The lowest BCUT2D eigenvalue weighted by Crippen LogP contribution is -2.35. The summed E-state index contributed by atoms with van der Waals surface area (Å²) in [5.41, 5.74) is 9.73. The molecule has 0 radical (unpaired) electrons. The van der Waals surface area contributed by atoms with Crippen LogP contribution in [0.4, 0.5) is 5.00 Å². The molecule has 0 atom stereocenters. The van der Waals surface area contributed by atoms with Crippen molar-refractivity contribution in [2.75, 3.05) is 32.1 Å². The zero-order valence-electron chi connectivity index (χ0n) is 19.6. The summed E-state index contributed by atoms with van der Waals surface area (Å²) in [6, 6.07) is 6.16. The third-order valence-corrected chi connectivity index (χ3v) is 8.48. The molecule has 2 aliphatic rings. The fraction of sp³-hybridized carbons (Fsp3) is 0.462. The average molecular weight is 481 g/mol. The van der Waals surface area contributed by atoms with Gasteiger partial charge in [-0.15, -0.1) is 11.3 Å². The van der Waals surface area contributed by atoms with Crippen molar-refractivity contribution >= 4 is 39.1 Å². The Morgan fingerprint density at radius 1 is 1.24 bits per heavy atom. The van der Waals surface area contributed by atoms with Crippen LogP contribution in [0.25, 0.3) is 10.9 Å². The predicted octanol–water partition coefficient (Wildman–Crippen LogP) is 4.42. The van der Waals surface area contributed by atoms with Gasteiger partial charge in [0.05, 0.1) is 12.7 Å². The Hall–Kier alpha value is -2.84. The number of H-pyrrole nitrogens is 1. The summed E-state index contributed by atoms with van der Waals surface area (Å²) < 4.78 is 5.41. The average Bonchev–Trinajstić information content (AvgIpc) is 3.43. The molecule has 7 nitrogen and oxygen atoms in total. The molecular formula is C26H32N4O3S. The Labute approximate surface area is 203 Å². The van der Waals surface area contributed by atoms with Gasteiger partial charge in [-0.25, -0.2) is 0 Å². The van der Waals surface area contributed by atoms with E-state index in [0.29, 0.717) is 22.9 Å². The molecule has 1 fully saturated rings. The molecule has 4 N–H and O–H groups in total. The van der Waals surface area contributed by atoms with Crippen LogP contribution in [0.5, 0.6) is 5.75 Å². The molecule has 1 aliphatic heterocycles. The van der Waals surface area contributed by atoms with Crippen LogP contribution in [0.15, 0.2) is 24.4 Å². The van der Waals surface area contributed by atoms with Gasteiger partial charge >= 0.3 is 0 Å². The SMILES string of the molecule is COc1ccc2[nH]cc(C3CCN(CCC(=O)Nc4sc5c(c4C(N)=O)CCCC5)CC3)c2c1. The number of aromatic nitrogens is 1. The maximum absolute atomic E-state index is 12.7. The van der Waals surface area contributed by atoms with Crippen molar-refractivity contribution in [2.45, 2.75) is 50.9 Å². The summed E-state index contributed by atoms with van der Waals surface area (Å²) in [5, 5.41) is 4.86. The number of thiophene rings is 1. The van der Waals surface area contributed by atoms with Crippen molar-refractivity contribution in [1.82, 2.24) is 9.88 Å². The van der Waals surface area contributed by atoms with Crippen LogP contribution in [0, 0.1) is 0 Å². The normalized spacial score (nSPS) is 17.0. The van der Waals surface area contributed by atoms with Gasteiger partial charge < -0.3 is 25.7 Å². The predicted molar refractivity (Wildman–Crippen MR) is 136 cm³/mol. The first-order valence-corrected chi connectivity index (χ1v) is 13.0. The van der Waals surface area contributed by atoms with Crippen LogP contribution in [0.3, 0.4) is 0 Å². The van der Waals surface area contributed by atoms with Gasteiger partial charge in [-0.2, -0.15) is 0 Å². The summed E-state index contributed by atoms with van der Waals surface area (Å²) in [5.74, 6) is 0.892. The number of carbonyl (C=O) groups excluding carboxylic acids is 2. The molecule has 1 aromatic carbocycles. The minimum absolute atomic E-state index is 0.0491. The van der Waals surface area contributed by atoms with E-state index in [1.807, 2.05) is 6.07 Å². The third kappa shape index (κ3) is 4.57. The Balaban J connectivity index is 1.16. The number of amides is 2. The Bertz CT molecular complexity index is 1210. The molecule has 1 aliphatic carbocycles. The van der Waals surface area contributed by atoms with Gasteiger partial charge in [-0.3, -0.25) is 9.59 Å². The number of nitrogens with two attached hydrogens (primary N) is 1. The number of aromatic amines is 1. The number of primary amides is 1. The first kappa shape index (κ1) is 22.9. The lowest BCUT2D eigenvalue weighted by Gasteiger charge is -2.31. The number of aryl methyl sites for hydroxylation is 1. The fourth-order valence-electron chi connectivity index (χ4n) is 5.42. The molecule has 2 aromatic heterocycles. The molecule has 180 valence electrons. The number of rotatable bonds is 7. The topological polar surface area (TPSA) is 100 Å². The second-order valence-corrected chi connectivity index (χ2v) is 10.5. The van der Waals surface area contributed by atoms with Crippen LogP contribution in [0.1, 0.15) is 64.4 Å². The quantitative estimate of drug-likeness (QED) is 0.466. The number of benzene rings is 1. The van der Waals surface area contributed by atoms with E-state index in [1.165, 1.54) is 27.2 Å². The number of carbonyl (C=O) groups is 2. The Morgan fingerprint density at radius 3 is 2.79 bits per heavy atom. The van der Waals surface area contributed by atoms with E-state index in [0.717, 1.165) is 75.0 Å². The number of hydrogen-bond acceptors (Lipinski definition) is 5. The van der Waals surface area contributed by atoms with Gasteiger partial charge in [0.2, 0.25) is 5.91 Å².